The third-order valence-corrected chi connectivity index (χ3v) is 4.19. The summed E-state index contributed by atoms with van der Waals surface area (Å²) in [6.07, 6.45) is 2.46. The minimum Gasteiger partial charge on any atom is -0.363 e. The Hall–Kier alpha value is -2.68. The van der Waals surface area contributed by atoms with Crippen molar-refractivity contribution < 1.29 is 13.3 Å². The minimum absolute atomic E-state index is 0.0947. The van der Waals surface area contributed by atoms with E-state index >= 15 is 0 Å². The fourth-order valence-corrected chi connectivity index (χ4v) is 2.85. The Balaban J connectivity index is 2.46. The molecule has 0 spiro atoms. The molecule has 2 aromatic rings. The molecule has 2 rings (SSSR count). The maximum Gasteiger partial charge on any atom is 0.311 e. The van der Waals surface area contributed by atoms with Crippen LogP contribution in [-0.2, 0) is 9.84 Å². The number of nitro benzene ring substituents is 1. The molecule has 1 heterocycles. The van der Waals surface area contributed by atoms with Crippen molar-refractivity contribution in [2.75, 3.05) is 30.6 Å². The second kappa shape index (κ2) is 6.21. The smallest absolute Gasteiger partial charge is 0.311 e. The van der Waals surface area contributed by atoms with Crippen molar-refractivity contribution in [2.24, 2.45) is 0 Å². The van der Waals surface area contributed by atoms with Crippen LogP contribution in [0.25, 0.3) is 0 Å². The summed E-state index contributed by atoms with van der Waals surface area (Å²) < 4.78 is 23.5. The first-order valence-corrected chi connectivity index (χ1v) is 8.47. The predicted molar refractivity (Wildman–Crippen MR) is 88.1 cm³/mol. The van der Waals surface area contributed by atoms with Gasteiger partial charge in [0.05, 0.1) is 16.8 Å². The molecular formula is C14H16N4O4S. The van der Waals surface area contributed by atoms with Gasteiger partial charge in [0.2, 0.25) is 0 Å². The molecule has 1 aromatic heterocycles. The van der Waals surface area contributed by atoms with Crippen LogP contribution in [-0.4, -0.2) is 38.7 Å². The number of benzene rings is 1. The van der Waals surface area contributed by atoms with Crippen LogP contribution < -0.4 is 10.2 Å². The molecule has 23 heavy (non-hydrogen) atoms. The number of hydrogen-bond donors (Lipinski definition) is 1. The van der Waals surface area contributed by atoms with Gasteiger partial charge in [-0.2, -0.15) is 0 Å². The molecule has 122 valence electrons. The molecule has 1 aromatic carbocycles. The summed E-state index contributed by atoms with van der Waals surface area (Å²) in [5, 5.41) is 14.1. The van der Waals surface area contributed by atoms with Crippen molar-refractivity contribution >= 4 is 32.7 Å². The van der Waals surface area contributed by atoms with Gasteiger partial charge in [-0.15, -0.1) is 0 Å². The summed E-state index contributed by atoms with van der Waals surface area (Å²) in [5.41, 5.74) is 0.133. The standard InChI is InChI=1S/C14H16N4O4S/c1-17(2)13-8-7-10(9-15-13)16-11-5-4-6-12(23(3,21)22)14(11)18(19)20/h4-9,16H,1-3H3. The summed E-state index contributed by atoms with van der Waals surface area (Å²) in [4.78, 5) is 16.3. The number of aromatic nitrogens is 1. The first-order valence-electron chi connectivity index (χ1n) is 6.58. The molecule has 0 bridgehead atoms. The van der Waals surface area contributed by atoms with Crippen molar-refractivity contribution in [1.29, 1.82) is 0 Å². The number of nitro groups is 1. The Morgan fingerprint density at radius 3 is 2.39 bits per heavy atom. The average Bonchev–Trinajstić information content (AvgIpc) is 2.46. The molecule has 0 aliphatic rings. The minimum atomic E-state index is -3.72. The Bertz CT molecular complexity index is 832. The van der Waals surface area contributed by atoms with Gasteiger partial charge in [-0.05, 0) is 24.3 Å². The molecule has 9 heteroatoms. The number of sulfone groups is 1. The largest absolute Gasteiger partial charge is 0.363 e. The van der Waals surface area contributed by atoms with Crippen LogP contribution in [0, 0.1) is 10.1 Å². The van der Waals surface area contributed by atoms with E-state index in [-0.39, 0.29) is 10.6 Å². The second-order valence-corrected chi connectivity index (χ2v) is 7.09. The zero-order valence-corrected chi connectivity index (χ0v) is 13.7. The highest BCUT2D eigenvalue weighted by molar-refractivity contribution is 7.90. The van der Waals surface area contributed by atoms with E-state index in [1.807, 2.05) is 19.0 Å². The van der Waals surface area contributed by atoms with Gasteiger partial charge in [0.25, 0.3) is 0 Å². The van der Waals surface area contributed by atoms with Crippen LogP contribution in [0.5, 0.6) is 0 Å². The van der Waals surface area contributed by atoms with Gasteiger partial charge in [-0.3, -0.25) is 10.1 Å². The summed E-state index contributed by atoms with van der Waals surface area (Å²) in [6.45, 7) is 0. The van der Waals surface area contributed by atoms with Gasteiger partial charge < -0.3 is 10.2 Å². The lowest BCUT2D eigenvalue weighted by molar-refractivity contribution is -0.386. The van der Waals surface area contributed by atoms with Crippen LogP contribution in [0.15, 0.2) is 41.4 Å². The number of pyridine rings is 1. The zero-order valence-electron chi connectivity index (χ0n) is 12.8. The normalized spacial score (nSPS) is 11.1. The van der Waals surface area contributed by atoms with Crippen molar-refractivity contribution in [3.05, 3.63) is 46.6 Å². The molecule has 0 fully saturated rings. The Kier molecular flexibility index (Phi) is 4.50. The predicted octanol–water partition coefficient (Wildman–Crippen LogP) is 2.20. The quantitative estimate of drug-likeness (QED) is 0.659. The second-order valence-electron chi connectivity index (χ2n) is 5.11. The highest BCUT2D eigenvalue weighted by Crippen LogP contribution is 2.33. The Morgan fingerprint density at radius 1 is 1.22 bits per heavy atom. The fourth-order valence-electron chi connectivity index (χ4n) is 1.99. The van der Waals surface area contributed by atoms with E-state index < -0.39 is 20.4 Å². The van der Waals surface area contributed by atoms with Gasteiger partial charge in [-0.25, -0.2) is 13.4 Å². The summed E-state index contributed by atoms with van der Waals surface area (Å²) in [5.74, 6) is 0.731. The average molecular weight is 336 g/mol. The summed E-state index contributed by atoms with van der Waals surface area (Å²) >= 11 is 0. The highest BCUT2D eigenvalue weighted by atomic mass is 32.2. The van der Waals surface area contributed by atoms with Crippen LogP contribution >= 0.6 is 0 Å². The number of hydrogen-bond acceptors (Lipinski definition) is 7. The maximum atomic E-state index is 11.7. The lowest BCUT2D eigenvalue weighted by atomic mass is 10.2. The molecule has 0 atom stereocenters. The Labute approximate surface area is 133 Å². The number of nitrogens with zero attached hydrogens (tertiary/aromatic N) is 3. The van der Waals surface area contributed by atoms with Gasteiger partial charge in [0.1, 0.15) is 16.4 Å². The van der Waals surface area contributed by atoms with Crippen molar-refractivity contribution in [3.8, 4) is 0 Å². The molecule has 1 N–H and O–H groups in total. The van der Waals surface area contributed by atoms with Crippen molar-refractivity contribution in [2.45, 2.75) is 4.90 Å². The monoisotopic (exact) mass is 336 g/mol. The third-order valence-electron chi connectivity index (χ3n) is 3.07. The molecule has 0 saturated heterocycles. The van der Waals surface area contributed by atoms with E-state index in [9.17, 15) is 18.5 Å². The van der Waals surface area contributed by atoms with E-state index in [4.69, 9.17) is 0 Å². The van der Waals surface area contributed by atoms with E-state index in [1.54, 1.807) is 12.1 Å². The maximum absolute atomic E-state index is 11.7. The highest BCUT2D eigenvalue weighted by Gasteiger charge is 2.26. The van der Waals surface area contributed by atoms with E-state index in [0.29, 0.717) is 5.69 Å². The van der Waals surface area contributed by atoms with E-state index in [0.717, 1.165) is 12.1 Å². The lowest BCUT2D eigenvalue weighted by Gasteiger charge is -2.12. The first-order chi connectivity index (χ1) is 10.7. The molecular weight excluding hydrogens is 320 g/mol. The van der Waals surface area contributed by atoms with Gasteiger partial charge in [0.15, 0.2) is 9.84 Å². The number of para-hydroxylation sites is 1. The molecule has 0 aliphatic carbocycles. The van der Waals surface area contributed by atoms with Crippen molar-refractivity contribution in [1.82, 2.24) is 4.98 Å². The van der Waals surface area contributed by atoms with Crippen LogP contribution in [0.2, 0.25) is 0 Å². The van der Waals surface area contributed by atoms with E-state index in [2.05, 4.69) is 10.3 Å². The summed E-state index contributed by atoms with van der Waals surface area (Å²) in [7, 11) is -0.0290. The number of nitrogens with one attached hydrogen (secondary N) is 1. The van der Waals surface area contributed by atoms with Gasteiger partial charge >= 0.3 is 5.69 Å². The van der Waals surface area contributed by atoms with Crippen LogP contribution in [0.4, 0.5) is 22.9 Å². The molecule has 0 radical (unpaired) electrons. The molecule has 8 nitrogen and oxygen atoms in total. The topological polar surface area (TPSA) is 105 Å². The Morgan fingerprint density at radius 2 is 1.91 bits per heavy atom. The molecule has 0 unspecified atom stereocenters. The lowest BCUT2D eigenvalue weighted by Crippen LogP contribution is -2.10. The fraction of sp³-hybridized carbons (Fsp3) is 0.214. The van der Waals surface area contributed by atoms with Crippen molar-refractivity contribution in [3.63, 3.8) is 0 Å². The number of rotatable bonds is 5. The summed E-state index contributed by atoms with van der Waals surface area (Å²) in [6, 6.07) is 7.57. The van der Waals surface area contributed by atoms with E-state index in [1.165, 1.54) is 24.4 Å². The third kappa shape index (κ3) is 3.75. The zero-order chi connectivity index (χ0) is 17.2. The SMILES string of the molecule is CN(C)c1ccc(Nc2cccc(S(C)(=O)=O)c2[N+](=O)[O-])cn1. The number of anilines is 3. The molecule has 0 amide bonds. The molecule has 0 saturated carbocycles. The van der Waals surface area contributed by atoms with Gasteiger partial charge in [0, 0.05) is 20.4 Å². The first kappa shape index (κ1) is 16.7. The molecule has 0 aliphatic heterocycles. The van der Waals surface area contributed by atoms with Crippen LogP contribution in [0.1, 0.15) is 0 Å². The van der Waals surface area contributed by atoms with Crippen LogP contribution in [0.3, 0.4) is 0 Å². The van der Waals surface area contributed by atoms with Gasteiger partial charge in [-0.1, -0.05) is 6.07 Å².